The molecule has 0 bridgehead atoms. The highest BCUT2D eigenvalue weighted by atomic mass is 32.2. The number of amides is 2. The number of hydrogen-bond donors (Lipinski definition) is 1. The normalized spacial score (nSPS) is 21.4. The minimum absolute atomic E-state index is 0.180. The van der Waals surface area contributed by atoms with E-state index in [1.807, 2.05) is 30.5 Å². The first-order valence-corrected chi connectivity index (χ1v) is 9.52. The van der Waals surface area contributed by atoms with Gasteiger partial charge in [-0.25, -0.2) is 4.90 Å². The molecular weight excluding hydrogens is 332 g/mol. The molecule has 5 nitrogen and oxygen atoms in total. The number of ether oxygens (including phenoxy) is 1. The summed E-state index contributed by atoms with van der Waals surface area (Å²) < 4.78 is 5.31. The smallest absolute Gasteiger partial charge is 0.298 e. The van der Waals surface area contributed by atoms with E-state index in [4.69, 9.17) is 4.74 Å². The lowest BCUT2D eigenvalue weighted by molar-refractivity contribution is -0.915. The monoisotopic (exact) mass is 351 g/mol. The zero-order valence-electron chi connectivity index (χ0n) is 12.9. The molecule has 0 saturated carbocycles. The van der Waals surface area contributed by atoms with Gasteiger partial charge in [0.05, 0.1) is 18.1 Å². The summed E-state index contributed by atoms with van der Waals surface area (Å²) in [7, 11) is 0. The van der Waals surface area contributed by atoms with Crippen LogP contribution >= 0.6 is 23.5 Å². The van der Waals surface area contributed by atoms with Crippen LogP contribution in [0.4, 0.5) is 4.79 Å². The summed E-state index contributed by atoms with van der Waals surface area (Å²) in [5.74, 6) is -0.187. The summed E-state index contributed by atoms with van der Waals surface area (Å²) in [4.78, 5) is 28.9. The van der Waals surface area contributed by atoms with Crippen molar-refractivity contribution in [2.24, 2.45) is 0 Å². The van der Waals surface area contributed by atoms with Gasteiger partial charge in [0.2, 0.25) is 0 Å². The Labute approximate surface area is 144 Å². The minimum Gasteiger partial charge on any atom is -0.370 e. The highest BCUT2D eigenvalue weighted by Crippen LogP contribution is 2.31. The number of rotatable bonds is 4. The van der Waals surface area contributed by atoms with E-state index in [9.17, 15) is 9.59 Å². The Bertz CT molecular complexity index is 625. The minimum atomic E-state index is -0.187. The maximum Gasteiger partial charge on any atom is 0.298 e. The molecule has 3 rings (SSSR count). The van der Waals surface area contributed by atoms with Gasteiger partial charge in [-0.05, 0) is 41.8 Å². The lowest BCUT2D eigenvalue weighted by atomic mass is 10.2. The molecule has 7 heteroatoms. The SMILES string of the molecule is CSc1ccc(/C=C2\SC(=O)N(C[NH+]3CCOCC3)C2=O)cc1. The summed E-state index contributed by atoms with van der Waals surface area (Å²) in [5, 5.41) is -0.180. The van der Waals surface area contributed by atoms with Crippen LogP contribution in [0.1, 0.15) is 5.56 Å². The fraction of sp³-hybridized carbons (Fsp3) is 0.375. The lowest BCUT2D eigenvalue weighted by Crippen LogP contribution is -3.15. The number of hydrogen-bond acceptors (Lipinski definition) is 5. The number of carbonyl (C=O) groups is 2. The van der Waals surface area contributed by atoms with Crippen LogP contribution in [0, 0.1) is 0 Å². The summed E-state index contributed by atoms with van der Waals surface area (Å²) in [6, 6.07) is 7.96. The van der Waals surface area contributed by atoms with Crippen LogP contribution in [-0.4, -0.2) is 55.3 Å². The summed E-state index contributed by atoms with van der Waals surface area (Å²) in [6.07, 6.45) is 3.82. The average Bonchev–Trinajstić information content (AvgIpc) is 2.84. The summed E-state index contributed by atoms with van der Waals surface area (Å²) in [6.45, 7) is 3.46. The molecule has 1 aromatic rings. The van der Waals surface area contributed by atoms with E-state index in [1.54, 1.807) is 17.8 Å². The highest BCUT2D eigenvalue weighted by molar-refractivity contribution is 8.18. The Morgan fingerprint density at radius 1 is 1.26 bits per heavy atom. The van der Waals surface area contributed by atoms with Crippen LogP contribution in [-0.2, 0) is 9.53 Å². The third-order valence-electron chi connectivity index (χ3n) is 3.87. The van der Waals surface area contributed by atoms with Gasteiger partial charge in [0.25, 0.3) is 11.1 Å². The second kappa shape index (κ2) is 7.53. The van der Waals surface area contributed by atoms with Gasteiger partial charge in [-0.15, -0.1) is 11.8 Å². The van der Waals surface area contributed by atoms with Crippen molar-refractivity contribution in [3.8, 4) is 0 Å². The van der Waals surface area contributed by atoms with Gasteiger partial charge in [0.15, 0.2) is 6.67 Å². The second-order valence-corrected chi connectivity index (χ2v) is 7.28. The molecule has 2 aliphatic rings. The Kier molecular flexibility index (Phi) is 5.42. The molecular formula is C16H19N2O3S2+. The van der Waals surface area contributed by atoms with E-state index in [0.29, 0.717) is 24.8 Å². The molecule has 0 radical (unpaired) electrons. The van der Waals surface area contributed by atoms with Crippen LogP contribution in [0.5, 0.6) is 0 Å². The van der Waals surface area contributed by atoms with Crippen molar-refractivity contribution in [3.63, 3.8) is 0 Å². The third-order valence-corrected chi connectivity index (χ3v) is 5.52. The van der Waals surface area contributed by atoms with Gasteiger partial charge >= 0.3 is 0 Å². The van der Waals surface area contributed by atoms with E-state index in [0.717, 1.165) is 30.4 Å². The molecule has 0 aliphatic carbocycles. The number of quaternary nitrogens is 1. The van der Waals surface area contributed by atoms with E-state index >= 15 is 0 Å². The van der Waals surface area contributed by atoms with Crippen molar-refractivity contribution in [2.45, 2.75) is 4.90 Å². The predicted molar refractivity (Wildman–Crippen MR) is 92.4 cm³/mol. The van der Waals surface area contributed by atoms with Gasteiger partial charge in [-0.1, -0.05) is 12.1 Å². The molecule has 122 valence electrons. The Morgan fingerprint density at radius 3 is 2.61 bits per heavy atom. The van der Waals surface area contributed by atoms with Gasteiger partial charge < -0.3 is 9.64 Å². The van der Waals surface area contributed by atoms with E-state index in [-0.39, 0.29) is 11.1 Å². The number of carbonyl (C=O) groups excluding carboxylic acids is 2. The van der Waals surface area contributed by atoms with Crippen molar-refractivity contribution in [1.29, 1.82) is 0 Å². The molecule has 0 aromatic heterocycles. The molecule has 0 spiro atoms. The molecule has 2 heterocycles. The molecule has 1 N–H and O–H groups in total. The molecule has 0 atom stereocenters. The number of nitrogens with one attached hydrogen (secondary N) is 1. The molecule has 1 aromatic carbocycles. The van der Waals surface area contributed by atoms with Crippen molar-refractivity contribution >= 4 is 40.7 Å². The second-order valence-electron chi connectivity index (χ2n) is 5.40. The number of benzene rings is 1. The number of imide groups is 1. The number of nitrogens with zero attached hydrogens (tertiary/aromatic N) is 1. The van der Waals surface area contributed by atoms with E-state index in [1.165, 1.54) is 14.7 Å². The van der Waals surface area contributed by atoms with Crippen molar-refractivity contribution in [1.82, 2.24) is 4.90 Å². The Hall–Kier alpha value is -1.28. The standard InChI is InChI=1S/C16H18N2O3S2/c1-22-13-4-2-12(3-5-13)10-14-15(19)18(16(20)23-14)11-17-6-8-21-9-7-17/h2-5,10H,6-9,11H2,1H3/p+1/b14-10-. The van der Waals surface area contributed by atoms with Crippen LogP contribution in [0.3, 0.4) is 0 Å². The fourth-order valence-corrected chi connectivity index (χ4v) is 3.78. The molecule has 2 saturated heterocycles. The van der Waals surface area contributed by atoms with Gasteiger partial charge in [0, 0.05) is 4.90 Å². The fourth-order valence-electron chi connectivity index (χ4n) is 2.53. The highest BCUT2D eigenvalue weighted by Gasteiger charge is 2.37. The summed E-state index contributed by atoms with van der Waals surface area (Å²) in [5.41, 5.74) is 0.937. The first-order chi connectivity index (χ1) is 11.2. The quantitative estimate of drug-likeness (QED) is 0.655. The van der Waals surface area contributed by atoms with Crippen LogP contribution < -0.4 is 4.90 Å². The van der Waals surface area contributed by atoms with Crippen LogP contribution in [0.2, 0.25) is 0 Å². The maximum absolute atomic E-state index is 12.5. The topological polar surface area (TPSA) is 51.1 Å². The predicted octanol–water partition coefficient (Wildman–Crippen LogP) is 1.32. The molecule has 2 aliphatic heterocycles. The van der Waals surface area contributed by atoms with Gasteiger partial charge in [-0.2, -0.15) is 0 Å². The molecule has 2 amide bonds. The Balaban J connectivity index is 1.70. The van der Waals surface area contributed by atoms with Crippen LogP contribution in [0.25, 0.3) is 6.08 Å². The first-order valence-electron chi connectivity index (χ1n) is 7.48. The van der Waals surface area contributed by atoms with Crippen molar-refractivity contribution in [3.05, 3.63) is 34.7 Å². The average molecular weight is 351 g/mol. The zero-order chi connectivity index (χ0) is 16.2. The maximum atomic E-state index is 12.5. The summed E-state index contributed by atoms with van der Waals surface area (Å²) >= 11 is 2.70. The number of morpholine rings is 1. The Morgan fingerprint density at radius 2 is 1.96 bits per heavy atom. The van der Waals surface area contributed by atoms with Crippen molar-refractivity contribution < 1.29 is 19.2 Å². The first kappa shape index (κ1) is 16.6. The van der Waals surface area contributed by atoms with Crippen LogP contribution in [0.15, 0.2) is 34.1 Å². The van der Waals surface area contributed by atoms with Crippen molar-refractivity contribution in [2.75, 3.05) is 39.2 Å². The van der Waals surface area contributed by atoms with Gasteiger partial charge in [-0.3, -0.25) is 9.59 Å². The number of thioether (sulfide) groups is 2. The largest absolute Gasteiger partial charge is 0.370 e. The lowest BCUT2D eigenvalue weighted by Gasteiger charge is -2.26. The van der Waals surface area contributed by atoms with E-state index in [2.05, 4.69) is 0 Å². The molecule has 23 heavy (non-hydrogen) atoms. The zero-order valence-corrected chi connectivity index (χ0v) is 14.5. The molecule has 2 fully saturated rings. The van der Waals surface area contributed by atoms with E-state index < -0.39 is 0 Å². The molecule has 0 unspecified atom stereocenters. The third kappa shape index (κ3) is 3.98. The van der Waals surface area contributed by atoms with Gasteiger partial charge in [0.1, 0.15) is 13.1 Å².